The van der Waals surface area contributed by atoms with Gasteiger partial charge >= 0.3 is 0 Å². The Morgan fingerprint density at radius 1 is 0.561 bits per heavy atom. The summed E-state index contributed by atoms with van der Waals surface area (Å²) in [6, 6.07) is 25.6. The molecule has 57 heavy (non-hydrogen) atoms. The number of rotatable bonds is 12. The molecule has 0 aliphatic heterocycles. The van der Waals surface area contributed by atoms with Gasteiger partial charge in [0.15, 0.2) is 5.75 Å². The van der Waals surface area contributed by atoms with E-state index in [1.54, 1.807) is 37.3 Å². The van der Waals surface area contributed by atoms with Crippen molar-refractivity contribution in [3.63, 3.8) is 0 Å². The maximum atomic E-state index is 12.4. The van der Waals surface area contributed by atoms with Gasteiger partial charge < -0.3 is 15.2 Å². The molecule has 0 saturated carbocycles. The van der Waals surface area contributed by atoms with Gasteiger partial charge in [-0.25, -0.2) is 0 Å². The molecule has 292 valence electrons. The summed E-state index contributed by atoms with van der Waals surface area (Å²) < 4.78 is 104. The Kier molecular flexibility index (Phi) is 11.2. The zero-order valence-corrected chi connectivity index (χ0v) is 31.9. The number of anilines is 2. The van der Waals surface area contributed by atoms with E-state index in [9.17, 15) is 44.0 Å². The van der Waals surface area contributed by atoms with Crippen LogP contribution in [0.15, 0.2) is 155 Å². The van der Waals surface area contributed by atoms with Crippen LogP contribution in [0.2, 0.25) is 0 Å². The fraction of sp³-hybridized carbons (Fsp3) is 0.0556. The molecule has 0 bridgehead atoms. The summed E-state index contributed by atoms with van der Waals surface area (Å²) in [6.45, 7) is 1.72. The molecule has 0 radical (unpaired) electrons. The molecule has 5 N–H and O–H groups in total. The van der Waals surface area contributed by atoms with E-state index in [2.05, 4.69) is 36.0 Å². The van der Waals surface area contributed by atoms with Crippen LogP contribution < -0.4 is 10.1 Å². The second kappa shape index (κ2) is 15.9. The quantitative estimate of drug-likeness (QED) is 0.0569. The number of nitrogens with zero attached hydrogens (tertiary/aromatic N) is 6. The minimum atomic E-state index is -4.88. The molecule has 21 heteroatoms. The van der Waals surface area contributed by atoms with Gasteiger partial charge in [0.05, 0.1) is 39.7 Å². The van der Waals surface area contributed by atoms with Crippen molar-refractivity contribution in [1.82, 2.24) is 0 Å². The Balaban J connectivity index is 1.23. The summed E-state index contributed by atoms with van der Waals surface area (Å²) in [5.41, 5.74) is 2.47. The lowest BCUT2D eigenvalue weighted by Gasteiger charge is -2.12. The highest BCUT2D eigenvalue weighted by Gasteiger charge is 2.22. The van der Waals surface area contributed by atoms with Crippen LogP contribution >= 0.6 is 0 Å². The van der Waals surface area contributed by atoms with E-state index in [1.165, 1.54) is 73.8 Å². The SMILES string of the molecule is COc1cc(N=Nc2cccc(S(=O)(=O)O)c2)ccc1N=Nc1ccc(N=Nc2c(S(=O)(=O)O)cc3ccc(Nc4ccc(S(=O)(=O)O)cc4)cc3c2O)cc1C. The van der Waals surface area contributed by atoms with Crippen LogP contribution in [-0.2, 0) is 30.4 Å². The number of aryl methyl sites for hydroxylation is 1. The lowest BCUT2D eigenvalue weighted by molar-refractivity contribution is 0.416. The topological polar surface area (TPSA) is 279 Å². The molecule has 0 aromatic heterocycles. The van der Waals surface area contributed by atoms with Gasteiger partial charge in [0.1, 0.15) is 22.0 Å². The smallest absolute Gasteiger partial charge is 0.296 e. The fourth-order valence-electron chi connectivity index (χ4n) is 5.25. The van der Waals surface area contributed by atoms with E-state index >= 15 is 0 Å². The molecule has 18 nitrogen and oxygen atoms in total. The lowest BCUT2D eigenvalue weighted by atomic mass is 10.1. The number of phenolic OH excluding ortho intramolecular Hbond substituents is 1. The van der Waals surface area contributed by atoms with Crippen LogP contribution in [-0.4, -0.2) is 51.1 Å². The molecule has 0 heterocycles. The average molecular weight is 832 g/mol. The molecule has 0 spiro atoms. The summed E-state index contributed by atoms with van der Waals surface area (Å²) >= 11 is 0. The van der Waals surface area contributed by atoms with Crippen molar-refractivity contribution in [1.29, 1.82) is 0 Å². The maximum absolute atomic E-state index is 12.4. The zero-order valence-electron chi connectivity index (χ0n) is 29.4. The summed E-state index contributed by atoms with van der Waals surface area (Å²) in [7, 11) is -12.3. The lowest BCUT2D eigenvalue weighted by Crippen LogP contribution is -1.99. The molecule has 6 aromatic carbocycles. The van der Waals surface area contributed by atoms with E-state index in [0.29, 0.717) is 39.7 Å². The molecule has 0 saturated heterocycles. The van der Waals surface area contributed by atoms with Crippen LogP contribution in [0.5, 0.6) is 11.5 Å². The molecule has 0 atom stereocenters. The third-order valence-electron chi connectivity index (χ3n) is 8.04. The van der Waals surface area contributed by atoms with Crippen LogP contribution in [0.4, 0.5) is 45.5 Å². The van der Waals surface area contributed by atoms with Crippen LogP contribution in [0.25, 0.3) is 10.8 Å². The van der Waals surface area contributed by atoms with Crippen molar-refractivity contribution < 1.29 is 48.8 Å². The van der Waals surface area contributed by atoms with Crippen molar-refractivity contribution >= 4 is 86.6 Å². The number of azo groups is 3. The number of methoxy groups -OCH3 is 1. The van der Waals surface area contributed by atoms with E-state index < -0.39 is 46.7 Å². The van der Waals surface area contributed by atoms with Crippen molar-refractivity contribution in [2.24, 2.45) is 30.7 Å². The van der Waals surface area contributed by atoms with E-state index in [4.69, 9.17) is 4.74 Å². The van der Waals surface area contributed by atoms with Crippen LogP contribution in [0.3, 0.4) is 0 Å². The van der Waals surface area contributed by atoms with Crippen molar-refractivity contribution in [2.45, 2.75) is 21.6 Å². The summed E-state index contributed by atoms with van der Waals surface area (Å²) in [6.07, 6.45) is 0. The minimum absolute atomic E-state index is 0.153. The molecule has 6 rings (SSSR count). The van der Waals surface area contributed by atoms with Gasteiger partial charge in [0.2, 0.25) is 0 Å². The molecule has 0 unspecified atom stereocenters. The summed E-state index contributed by atoms with van der Waals surface area (Å²) in [4.78, 5) is -1.32. The minimum Gasteiger partial charge on any atom is -0.505 e. The van der Waals surface area contributed by atoms with Crippen molar-refractivity contribution in [2.75, 3.05) is 12.4 Å². The number of hydrogen-bond donors (Lipinski definition) is 5. The maximum Gasteiger partial charge on any atom is 0.296 e. The number of benzene rings is 6. The Morgan fingerprint density at radius 2 is 1.16 bits per heavy atom. The first kappa shape index (κ1) is 40.2. The van der Waals surface area contributed by atoms with Gasteiger partial charge in [-0.15, -0.1) is 10.2 Å². The first-order chi connectivity index (χ1) is 26.9. The zero-order chi connectivity index (χ0) is 41.1. The monoisotopic (exact) mass is 831 g/mol. The summed E-state index contributed by atoms with van der Waals surface area (Å²) in [5, 5.41) is 39.4. The van der Waals surface area contributed by atoms with Crippen LogP contribution in [0, 0.1) is 6.92 Å². The van der Waals surface area contributed by atoms with Gasteiger partial charge in [-0.05, 0) is 109 Å². The summed E-state index contributed by atoms with van der Waals surface area (Å²) in [5.74, 6) is -0.295. The number of phenols is 1. The normalized spacial score (nSPS) is 12.6. The molecule has 0 fully saturated rings. The van der Waals surface area contributed by atoms with Gasteiger partial charge in [-0.2, -0.15) is 45.7 Å². The van der Waals surface area contributed by atoms with E-state index in [0.717, 1.165) is 12.1 Å². The van der Waals surface area contributed by atoms with Crippen molar-refractivity contribution in [3.8, 4) is 11.5 Å². The molecular weight excluding hydrogens is 803 g/mol. The number of nitrogens with one attached hydrogen (secondary N) is 1. The van der Waals surface area contributed by atoms with E-state index in [1.807, 2.05) is 0 Å². The Morgan fingerprint density at radius 3 is 1.79 bits per heavy atom. The van der Waals surface area contributed by atoms with Gasteiger partial charge in [0, 0.05) is 22.8 Å². The molecule has 6 aromatic rings. The number of aromatic hydroxyl groups is 1. The predicted octanol–water partition coefficient (Wildman–Crippen LogP) is 9.59. The molecule has 0 aliphatic carbocycles. The largest absolute Gasteiger partial charge is 0.505 e. The first-order valence-corrected chi connectivity index (χ1v) is 20.4. The van der Waals surface area contributed by atoms with Crippen LogP contribution in [0.1, 0.15) is 5.56 Å². The highest BCUT2D eigenvalue weighted by molar-refractivity contribution is 7.86. The van der Waals surface area contributed by atoms with E-state index in [-0.39, 0.29) is 31.9 Å². The highest BCUT2D eigenvalue weighted by atomic mass is 32.2. The Hall–Kier alpha value is -6.49. The number of hydrogen-bond acceptors (Lipinski definition) is 15. The van der Waals surface area contributed by atoms with Gasteiger partial charge in [-0.3, -0.25) is 13.7 Å². The first-order valence-electron chi connectivity index (χ1n) is 16.1. The highest BCUT2D eigenvalue weighted by Crippen LogP contribution is 2.43. The molecular formula is C36H29N7O11S3. The number of ether oxygens (including phenoxy) is 1. The third kappa shape index (κ3) is 9.67. The van der Waals surface area contributed by atoms with Gasteiger partial charge in [-0.1, -0.05) is 12.1 Å². The standard InChI is InChI=1S/C36H29N7O11S3/c1-21-16-26(10-14-31(21)41-42-32-15-11-27(20-33(32)54-2)39-38-25-4-3-5-29(18-25)56(48,49)50)40-43-35-34(57(51,52)53)17-22-6-7-24(19-30(22)36(35)44)37-23-8-12-28(13-9-23)55(45,46)47/h3-20,37,44H,1-2H3,(H,45,46,47)(H,48,49,50)(H,51,52,53). The van der Waals surface area contributed by atoms with Gasteiger partial charge in [0.25, 0.3) is 30.4 Å². The van der Waals surface area contributed by atoms with Crippen molar-refractivity contribution in [3.05, 3.63) is 115 Å². The molecule has 0 aliphatic rings. The molecule has 0 amide bonds. The second-order valence-corrected chi connectivity index (χ2v) is 16.2. The predicted molar refractivity (Wildman–Crippen MR) is 208 cm³/mol. The average Bonchev–Trinajstić information content (AvgIpc) is 3.16. The third-order valence-corrected chi connectivity index (χ3v) is 10.6. The fourth-order valence-corrected chi connectivity index (χ4v) is 6.91. The Bertz CT molecular complexity index is 2980. The Labute approximate surface area is 325 Å². The second-order valence-electron chi connectivity index (χ2n) is 12.0. The number of fused-ring (bicyclic) bond motifs is 1.